The van der Waals surface area contributed by atoms with Crippen LogP contribution < -0.4 is 5.73 Å². The number of aromatic hydroxyl groups is 3. The van der Waals surface area contributed by atoms with Gasteiger partial charge in [-0.25, -0.2) is 0 Å². The van der Waals surface area contributed by atoms with E-state index in [2.05, 4.69) is 30.7 Å². The first-order chi connectivity index (χ1) is 22.1. The number of hydrogen-bond acceptors (Lipinski definition) is 10. The lowest BCUT2D eigenvalue weighted by molar-refractivity contribution is 0.475. The zero-order chi connectivity index (χ0) is 32.5. The smallest absolute Gasteiger partial charge is 0.151 e. The molecule has 6 aromatic rings. The van der Waals surface area contributed by atoms with Crippen molar-refractivity contribution in [3.63, 3.8) is 0 Å². The topological polar surface area (TPSA) is 161 Å². The van der Waals surface area contributed by atoms with Gasteiger partial charge in [0, 0.05) is 22.5 Å². The summed E-state index contributed by atoms with van der Waals surface area (Å²) in [6, 6.07) is 25.1. The standard InChI is InChI=1S/C36H31N7O3/c1-19-5-8-26(9-6-19)38-40-30-18-32(44)31(15-20(30)2)41-43-34-22(4)14-24-17-27(10-12-29(24)36(34)46)39-42-33-21(3)13-23-16-25(37)7-11-28(23)35(33)45/h5-18,44-46H,37H2,1-4H3. The van der Waals surface area contributed by atoms with Gasteiger partial charge in [0.15, 0.2) is 11.5 Å². The average molecular weight is 610 g/mol. The lowest BCUT2D eigenvalue weighted by Gasteiger charge is -2.09. The summed E-state index contributed by atoms with van der Waals surface area (Å²) in [4.78, 5) is 0. The van der Waals surface area contributed by atoms with Gasteiger partial charge in [-0.2, -0.15) is 15.3 Å². The molecule has 0 aliphatic rings. The maximum absolute atomic E-state index is 11.1. The molecule has 0 aromatic heterocycles. The summed E-state index contributed by atoms with van der Waals surface area (Å²) in [5, 5.41) is 61.1. The monoisotopic (exact) mass is 609 g/mol. The van der Waals surface area contributed by atoms with Crippen LogP contribution in [0.4, 0.5) is 39.8 Å². The van der Waals surface area contributed by atoms with E-state index in [1.807, 2.05) is 64.1 Å². The molecule has 0 heterocycles. The fraction of sp³-hybridized carbons (Fsp3) is 0.111. The SMILES string of the molecule is Cc1ccc(N=Nc2cc(O)c(N=Nc3c(C)cc4cc(N=Nc5c(C)cc6cc(N)ccc6c5O)ccc4c3O)cc2C)cc1. The lowest BCUT2D eigenvalue weighted by atomic mass is 10.0. The molecule has 10 nitrogen and oxygen atoms in total. The molecule has 0 saturated heterocycles. The summed E-state index contributed by atoms with van der Waals surface area (Å²) in [7, 11) is 0. The molecule has 0 fully saturated rings. The van der Waals surface area contributed by atoms with Crippen LogP contribution in [0.15, 0.2) is 116 Å². The molecule has 228 valence electrons. The first kappa shape index (κ1) is 29.9. The number of azo groups is 3. The highest BCUT2D eigenvalue weighted by Crippen LogP contribution is 2.43. The number of aryl methyl sites for hydroxylation is 4. The number of phenols is 3. The molecule has 0 atom stereocenters. The first-order valence-corrected chi connectivity index (χ1v) is 14.5. The van der Waals surface area contributed by atoms with Gasteiger partial charge in [0.05, 0.1) is 17.1 Å². The van der Waals surface area contributed by atoms with Crippen molar-refractivity contribution in [1.82, 2.24) is 0 Å². The zero-order valence-electron chi connectivity index (χ0n) is 25.7. The number of hydrogen-bond donors (Lipinski definition) is 4. The van der Waals surface area contributed by atoms with Gasteiger partial charge in [-0.05, 0) is 122 Å². The number of nitrogens with two attached hydrogens (primary N) is 1. The lowest BCUT2D eigenvalue weighted by Crippen LogP contribution is -1.85. The molecule has 10 heteroatoms. The van der Waals surface area contributed by atoms with E-state index in [9.17, 15) is 15.3 Å². The van der Waals surface area contributed by atoms with Crippen LogP contribution in [0.25, 0.3) is 21.5 Å². The average Bonchev–Trinajstić information content (AvgIpc) is 3.02. The van der Waals surface area contributed by atoms with Crippen LogP contribution in [0, 0.1) is 27.7 Å². The third-order valence-corrected chi connectivity index (χ3v) is 7.68. The Morgan fingerprint density at radius 3 is 1.70 bits per heavy atom. The third kappa shape index (κ3) is 5.96. The molecule has 6 rings (SSSR count). The van der Waals surface area contributed by atoms with E-state index in [1.165, 1.54) is 6.07 Å². The van der Waals surface area contributed by atoms with Crippen molar-refractivity contribution in [2.24, 2.45) is 30.7 Å². The Balaban J connectivity index is 1.26. The number of fused-ring (bicyclic) bond motifs is 2. The van der Waals surface area contributed by atoms with Crippen LogP contribution in [0.2, 0.25) is 0 Å². The number of benzene rings is 6. The Hall–Kier alpha value is -6.16. The van der Waals surface area contributed by atoms with Gasteiger partial charge in [-0.1, -0.05) is 17.7 Å². The third-order valence-electron chi connectivity index (χ3n) is 7.68. The molecule has 0 saturated carbocycles. The predicted octanol–water partition coefficient (Wildman–Crippen LogP) is 11.2. The zero-order valence-corrected chi connectivity index (χ0v) is 25.7. The van der Waals surface area contributed by atoms with Gasteiger partial charge in [0.2, 0.25) is 0 Å². The second-order valence-corrected chi connectivity index (χ2v) is 11.2. The van der Waals surface area contributed by atoms with E-state index >= 15 is 0 Å². The normalized spacial score (nSPS) is 12.0. The molecule has 0 spiro atoms. The summed E-state index contributed by atoms with van der Waals surface area (Å²) in [6.07, 6.45) is 0. The number of anilines is 1. The molecule has 0 amide bonds. The van der Waals surface area contributed by atoms with E-state index in [1.54, 1.807) is 42.5 Å². The van der Waals surface area contributed by atoms with Gasteiger partial charge in [0.1, 0.15) is 22.8 Å². The van der Waals surface area contributed by atoms with Crippen LogP contribution >= 0.6 is 0 Å². The number of phenolic OH excluding ortho intramolecular Hbond substituents is 3. The summed E-state index contributed by atoms with van der Waals surface area (Å²) in [6.45, 7) is 7.50. The van der Waals surface area contributed by atoms with Crippen LogP contribution in [-0.4, -0.2) is 15.3 Å². The second-order valence-electron chi connectivity index (χ2n) is 11.2. The number of nitrogen functional groups attached to an aromatic ring is 1. The molecule has 0 bridgehead atoms. The highest BCUT2D eigenvalue weighted by atomic mass is 16.3. The van der Waals surface area contributed by atoms with Crippen molar-refractivity contribution in [2.75, 3.05) is 5.73 Å². The first-order valence-electron chi connectivity index (χ1n) is 14.5. The van der Waals surface area contributed by atoms with Gasteiger partial charge >= 0.3 is 0 Å². The van der Waals surface area contributed by atoms with Crippen molar-refractivity contribution in [2.45, 2.75) is 27.7 Å². The molecule has 6 aromatic carbocycles. The highest BCUT2D eigenvalue weighted by molar-refractivity contribution is 5.96. The largest absolute Gasteiger partial charge is 0.506 e. The van der Waals surface area contributed by atoms with Crippen LogP contribution in [0.5, 0.6) is 17.2 Å². The summed E-state index contributed by atoms with van der Waals surface area (Å²) in [5.74, 6) is -0.133. The minimum Gasteiger partial charge on any atom is -0.506 e. The number of rotatable bonds is 6. The fourth-order valence-corrected chi connectivity index (χ4v) is 5.14. The van der Waals surface area contributed by atoms with Crippen LogP contribution in [0.3, 0.4) is 0 Å². The van der Waals surface area contributed by atoms with Gasteiger partial charge in [-0.15, -0.1) is 15.3 Å². The van der Waals surface area contributed by atoms with Crippen molar-refractivity contribution in [3.8, 4) is 17.2 Å². The van der Waals surface area contributed by atoms with E-state index in [4.69, 9.17) is 5.73 Å². The molecule has 5 N–H and O–H groups in total. The van der Waals surface area contributed by atoms with Crippen molar-refractivity contribution >= 4 is 61.4 Å². The summed E-state index contributed by atoms with van der Waals surface area (Å²) < 4.78 is 0. The second kappa shape index (κ2) is 12.1. The van der Waals surface area contributed by atoms with Crippen molar-refractivity contribution < 1.29 is 15.3 Å². The Morgan fingerprint density at radius 2 is 1.02 bits per heavy atom. The highest BCUT2D eigenvalue weighted by Gasteiger charge is 2.14. The molecule has 0 radical (unpaired) electrons. The van der Waals surface area contributed by atoms with Gasteiger partial charge in [0.25, 0.3) is 0 Å². The Morgan fingerprint density at radius 1 is 0.478 bits per heavy atom. The quantitative estimate of drug-likeness (QED) is 0.109. The van der Waals surface area contributed by atoms with Crippen molar-refractivity contribution in [3.05, 3.63) is 107 Å². The maximum atomic E-state index is 11.1. The maximum Gasteiger partial charge on any atom is 0.151 e. The van der Waals surface area contributed by atoms with E-state index in [0.29, 0.717) is 44.8 Å². The Kier molecular flexibility index (Phi) is 7.85. The van der Waals surface area contributed by atoms with E-state index in [0.717, 1.165) is 27.5 Å². The molecular weight excluding hydrogens is 578 g/mol. The van der Waals surface area contributed by atoms with Crippen LogP contribution in [0.1, 0.15) is 22.3 Å². The van der Waals surface area contributed by atoms with Crippen molar-refractivity contribution in [1.29, 1.82) is 0 Å². The summed E-state index contributed by atoms with van der Waals surface area (Å²) in [5.41, 5.74) is 12.4. The number of nitrogens with zero attached hydrogens (tertiary/aromatic N) is 6. The minimum absolute atomic E-state index is 0.0329. The molecular formula is C36H31N7O3. The fourth-order valence-electron chi connectivity index (χ4n) is 5.14. The predicted molar refractivity (Wildman–Crippen MR) is 182 cm³/mol. The van der Waals surface area contributed by atoms with E-state index < -0.39 is 0 Å². The Labute approximate surface area is 264 Å². The van der Waals surface area contributed by atoms with Crippen LogP contribution in [-0.2, 0) is 0 Å². The Bertz CT molecular complexity index is 2240. The molecule has 0 aliphatic carbocycles. The molecule has 46 heavy (non-hydrogen) atoms. The van der Waals surface area contributed by atoms with Gasteiger partial charge < -0.3 is 21.1 Å². The molecule has 0 unspecified atom stereocenters. The molecule has 0 aliphatic heterocycles. The van der Waals surface area contributed by atoms with Gasteiger partial charge in [-0.3, -0.25) is 0 Å². The minimum atomic E-state index is -0.114. The summed E-state index contributed by atoms with van der Waals surface area (Å²) >= 11 is 0. The van der Waals surface area contributed by atoms with E-state index in [-0.39, 0.29) is 28.6 Å².